The van der Waals surface area contributed by atoms with Gasteiger partial charge < -0.3 is 19.7 Å². The van der Waals surface area contributed by atoms with Crippen molar-refractivity contribution in [3.05, 3.63) is 59.7 Å². The van der Waals surface area contributed by atoms with Crippen molar-refractivity contribution in [2.75, 3.05) is 32.6 Å². The molecule has 1 aliphatic rings. The first-order valence-electron chi connectivity index (χ1n) is 9.96. The zero-order valence-corrected chi connectivity index (χ0v) is 17.0. The Balaban J connectivity index is 1.48. The molecule has 1 saturated heterocycles. The standard InChI is InChI=1S/C23H28N2O4/c1-25(2)22(26)14-7-17-5-10-19(11-6-17)24-23(27)18-8-12-20(13-9-18)29-16-21-4-3-15-28-21/h5-6,8-13,21H,3-4,7,14-16H2,1-2H3,(H,24,27). The molecule has 1 atom stereocenters. The van der Waals surface area contributed by atoms with Crippen LogP contribution in [0.15, 0.2) is 48.5 Å². The van der Waals surface area contributed by atoms with E-state index in [0.29, 0.717) is 25.0 Å². The average molecular weight is 396 g/mol. The maximum absolute atomic E-state index is 12.4. The second-order valence-electron chi connectivity index (χ2n) is 7.41. The molecule has 154 valence electrons. The first-order valence-corrected chi connectivity index (χ1v) is 9.96. The number of anilines is 1. The maximum Gasteiger partial charge on any atom is 0.255 e. The van der Waals surface area contributed by atoms with Crippen molar-refractivity contribution in [1.29, 1.82) is 0 Å². The number of ether oxygens (including phenoxy) is 2. The van der Waals surface area contributed by atoms with Gasteiger partial charge in [0.05, 0.1) is 6.10 Å². The molecular weight excluding hydrogens is 368 g/mol. The summed E-state index contributed by atoms with van der Waals surface area (Å²) in [5, 5.41) is 2.89. The number of hydrogen-bond donors (Lipinski definition) is 1. The number of amides is 2. The Bertz CT molecular complexity index is 810. The van der Waals surface area contributed by atoms with Crippen molar-refractivity contribution in [2.24, 2.45) is 0 Å². The van der Waals surface area contributed by atoms with Crippen LogP contribution in [0.2, 0.25) is 0 Å². The van der Waals surface area contributed by atoms with Gasteiger partial charge in [0.25, 0.3) is 5.91 Å². The van der Waals surface area contributed by atoms with Crippen molar-refractivity contribution in [1.82, 2.24) is 4.90 Å². The van der Waals surface area contributed by atoms with Crippen molar-refractivity contribution in [2.45, 2.75) is 31.8 Å². The summed E-state index contributed by atoms with van der Waals surface area (Å²) in [6.07, 6.45) is 3.44. The van der Waals surface area contributed by atoms with Crippen molar-refractivity contribution >= 4 is 17.5 Å². The van der Waals surface area contributed by atoms with Crippen molar-refractivity contribution in [3.63, 3.8) is 0 Å². The molecule has 1 heterocycles. The normalized spacial score (nSPS) is 15.7. The van der Waals surface area contributed by atoms with Crippen LogP contribution in [-0.4, -0.2) is 50.1 Å². The van der Waals surface area contributed by atoms with Crippen LogP contribution in [0.25, 0.3) is 0 Å². The Hall–Kier alpha value is -2.86. The highest BCUT2D eigenvalue weighted by Crippen LogP contribution is 2.18. The van der Waals surface area contributed by atoms with Gasteiger partial charge in [0.2, 0.25) is 5.91 Å². The fraction of sp³-hybridized carbons (Fsp3) is 0.391. The third-order valence-corrected chi connectivity index (χ3v) is 4.91. The summed E-state index contributed by atoms with van der Waals surface area (Å²) in [6, 6.07) is 14.7. The Morgan fingerprint density at radius 3 is 2.45 bits per heavy atom. The van der Waals surface area contributed by atoms with Gasteiger partial charge in [-0.2, -0.15) is 0 Å². The highest BCUT2D eigenvalue weighted by atomic mass is 16.5. The number of carbonyl (C=O) groups excluding carboxylic acids is 2. The third-order valence-electron chi connectivity index (χ3n) is 4.91. The van der Waals surface area contributed by atoms with E-state index in [9.17, 15) is 9.59 Å². The van der Waals surface area contributed by atoms with E-state index in [0.717, 1.165) is 36.4 Å². The molecule has 1 unspecified atom stereocenters. The van der Waals surface area contributed by atoms with E-state index in [1.54, 1.807) is 43.3 Å². The molecule has 0 spiro atoms. The van der Waals surface area contributed by atoms with Gasteiger partial charge in [-0.1, -0.05) is 12.1 Å². The minimum Gasteiger partial charge on any atom is -0.491 e. The van der Waals surface area contributed by atoms with E-state index < -0.39 is 0 Å². The van der Waals surface area contributed by atoms with Crippen molar-refractivity contribution < 1.29 is 19.1 Å². The predicted octanol–water partition coefficient (Wildman–Crippen LogP) is 3.52. The average Bonchev–Trinajstić information content (AvgIpc) is 3.25. The maximum atomic E-state index is 12.4. The molecule has 1 fully saturated rings. The second-order valence-corrected chi connectivity index (χ2v) is 7.41. The third kappa shape index (κ3) is 6.32. The Morgan fingerprint density at radius 2 is 1.83 bits per heavy atom. The van der Waals surface area contributed by atoms with E-state index in [1.807, 2.05) is 24.3 Å². The molecule has 6 nitrogen and oxygen atoms in total. The fourth-order valence-corrected chi connectivity index (χ4v) is 3.10. The number of hydrogen-bond acceptors (Lipinski definition) is 4. The number of benzene rings is 2. The molecule has 1 N–H and O–H groups in total. The smallest absolute Gasteiger partial charge is 0.255 e. The quantitative estimate of drug-likeness (QED) is 0.741. The number of nitrogens with zero attached hydrogens (tertiary/aromatic N) is 1. The van der Waals surface area contributed by atoms with Gasteiger partial charge in [-0.3, -0.25) is 9.59 Å². The first kappa shape index (κ1) is 20.9. The number of nitrogens with one attached hydrogen (secondary N) is 1. The molecule has 2 aromatic carbocycles. The van der Waals surface area contributed by atoms with Crippen LogP contribution in [-0.2, 0) is 16.0 Å². The monoisotopic (exact) mass is 396 g/mol. The molecule has 0 aliphatic carbocycles. The van der Waals surface area contributed by atoms with Crippen molar-refractivity contribution in [3.8, 4) is 5.75 Å². The summed E-state index contributed by atoms with van der Waals surface area (Å²) in [6.45, 7) is 1.35. The summed E-state index contributed by atoms with van der Waals surface area (Å²) in [5.74, 6) is 0.658. The van der Waals surface area contributed by atoms with Gasteiger partial charge >= 0.3 is 0 Å². The summed E-state index contributed by atoms with van der Waals surface area (Å²) >= 11 is 0. The molecule has 0 saturated carbocycles. The highest BCUT2D eigenvalue weighted by molar-refractivity contribution is 6.04. The van der Waals surface area contributed by atoms with E-state index >= 15 is 0 Å². The predicted molar refractivity (Wildman–Crippen MR) is 112 cm³/mol. The number of aryl methyl sites for hydroxylation is 1. The van der Waals surface area contributed by atoms with Gasteiger partial charge in [0.15, 0.2) is 0 Å². The molecule has 2 aromatic rings. The zero-order valence-electron chi connectivity index (χ0n) is 17.0. The fourth-order valence-electron chi connectivity index (χ4n) is 3.10. The molecule has 0 radical (unpaired) electrons. The van der Waals surface area contributed by atoms with Crippen LogP contribution < -0.4 is 10.1 Å². The minimum absolute atomic E-state index is 0.102. The number of carbonyl (C=O) groups is 2. The summed E-state index contributed by atoms with van der Waals surface area (Å²) in [4.78, 5) is 25.7. The molecule has 29 heavy (non-hydrogen) atoms. The molecule has 3 rings (SSSR count). The topological polar surface area (TPSA) is 67.9 Å². The minimum atomic E-state index is -0.175. The molecule has 6 heteroatoms. The lowest BCUT2D eigenvalue weighted by molar-refractivity contribution is -0.128. The highest BCUT2D eigenvalue weighted by Gasteiger charge is 2.16. The lowest BCUT2D eigenvalue weighted by atomic mass is 10.1. The Morgan fingerprint density at radius 1 is 1.10 bits per heavy atom. The van der Waals surface area contributed by atoms with Gasteiger partial charge in [-0.25, -0.2) is 0 Å². The zero-order chi connectivity index (χ0) is 20.6. The summed E-state index contributed by atoms with van der Waals surface area (Å²) < 4.78 is 11.3. The van der Waals surface area contributed by atoms with E-state index in [1.165, 1.54) is 0 Å². The first-order chi connectivity index (χ1) is 14.0. The summed E-state index contributed by atoms with van der Waals surface area (Å²) in [7, 11) is 3.51. The van der Waals surface area contributed by atoms with Crippen LogP contribution >= 0.6 is 0 Å². The van der Waals surface area contributed by atoms with Crippen LogP contribution in [0.4, 0.5) is 5.69 Å². The summed E-state index contributed by atoms with van der Waals surface area (Å²) in [5.41, 5.74) is 2.34. The lowest BCUT2D eigenvalue weighted by Gasteiger charge is -2.12. The molecule has 0 bridgehead atoms. The molecular formula is C23H28N2O4. The molecule has 2 amide bonds. The van der Waals surface area contributed by atoms with Crippen LogP contribution in [0.1, 0.15) is 35.2 Å². The SMILES string of the molecule is CN(C)C(=O)CCc1ccc(NC(=O)c2ccc(OCC3CCCO3)cc2)cc1. The van der Waals surface area contributed by atoms with E-state index in [2.05, 4.69) is 5.32 Å². The van der Waals surface area contributed by atoms with Gasteiger partial charge in [-0.05, 0) is 61.2 Å². The Labute approximate surface area is 171 Å². The molecule has 1 aliphatic heterocycles. The van der Waals surface area contributed by atoms with Crippen LogP contribution in [0.3, 0.4) is 0 Å². The van der Waals surface area contributed by atoms with Crippen LogP contribution in [0, 0.1) is 0 Å². The van der Waals surface area contributed by atoms with Crippen LogP contribution in [0.5, 0.6) is 5.75 Å². The number of rotatable bonds is 8. The van der Waals surface area contributed by atoms with Gasteiger partial charge in [-0.15, -0.1) is 0 Å². The second kappa shape index (κ2) is 10.1. The van der Waals surface area contributed by atoms with E-state index in [-0.39, 0.29) is 17.9 Å². The van der Waals surface area contributed by atoms with Gasteiger partial charge in [0.1, 0.15) is 12.4 Å². The van der Waals surface area contributed by atoms with E-state index in [4.69, 9.17) is 9.47 Å². The van der Waals surface area contributed by atoms with Gasteiger partial charge in [0, 0.05) is 38.4 Å². The Kier molecular flexibility index (Phi) is 7.25. The lowest BCUT2D eigenvalue weighted by Crippen LogP contribution is -2.21. The molecule has 0 aromatic heterocycles. The largest absolute Gasteiger partial charge is 0.491 e.